The van der Waals surface area contributed by atoms with Crippen LogP contribution in [0.25, 0.3) is 0 Å². The topological polar surface area (TPSA) is 126 Å². The molecule has 2 rings (SSSR count). The molecule has 20 heavy (non-hydrogen) atoms. The van der Waals surface area contributed by atoms with Gasteiger partial charge in [-0.3, -0.25) is 4.55 Å². The van der Waals surface area contributed by atoms with Gasteiger partial charge in [-0.1, -0.05) is 17.8 Å². The van der Waals surface area contributed by atoms with Crippen LogP contribution in [0.3, 0.4) is 0 Å². The Hall–Kier alpha value is -0.780. The molecule has 8 nitrogen and oxygen atoms in total. The van der Waals surface area contributed by atoms with Crippen molar-refractivity contribution in [2.24, 2.45) is 0 Å². The van der Waals surface area contributed by atoms with Gasteiger partial charge in [-0.2, -0.15) is 8.42 Å². The average molecular weight is 341 g/mol. The fourth-order valence-corrected chi connectivity index (χ4v) is 4.66. The summed E-state index contributed by atoms with van der Waals surface area (Å²) in [6.45, 7) is 0. The van der Waals surface area contributed by atoms with Crippen LogP contribution < -0.4 is 5.32 Å². The molecule has 1 aliphatic carbocycles. The van der Waals surface area contributed by atoms with Crippen molar-refractivity contribution in [3.63, 3.8) is 0 Å². The van der Waals surface area contributed by atoms with E-state index in [2.05, 4.69) is 15.5 Å². The zero-order valence-electron chi connectivity index (χ0n) is 10.7. The first-order valence-corrected chi connectivity index (χ1v) is 10.1. The van der Waals surface area contributed by atoms with Crippen LogP contribution in [0.5, 0.6) is 0 Å². The van der Waals surface area contributed by atoms with Gasteiger partial charge < -0.3 is 5.32 Å². The van der Waals surface area contributed by atoms with E-state index in [1.807, 2.05) is 0 Å². The molecule has 0 spiro atoms. The third-order valence-electron chi connectivity index (χ3n) is 3.10. The van der Waals surface area contributed by atoms with Crippen molar-refractivity contribution >= 4 is 36.4 Å². The Balaban J connectivity index is 2.05. The molecule has 1 aliphatic rings. The van der Waals surface area contributed by atoms with Gasteiger partial charge in [-0.05, 0) is 19.3 Å². The highest BCUT2D eigenvalue weighted by Gasteiger charge is 2.31. The van der Waals surface area contributed by atoms with Crippen molar-refractivity contribution in [2.45, 2.75) is 41.3 Å². The quantitative estimate of drug-likeness (QED) is 0.760. The predicted molar refractivity (Wildman–Crippen MR) is 74.2 cm³/mol. The first kappa shape index (κ1) is 15.6. The van der Waals surface area contributed by atoms with E-state index in [1.165, 1.54) is 0 Å². The third-order valence-corrected chi connectivity index (χ3v) is 6.89. The van der Waals surface area contributed by atoms with Gasteiger partial charge in [0.25, 0.3) is 10.1 Å². The van der Waals surface area contributed by atoms with E-state index >= 15 is 0 Å². The zero-order valence-corrected chi connectivity index (χ0v) is 13.1. The van der Waals surface area contributed by atoms with E-state index in [9.17, 15) is 16.8 Å². The van der Waals surface area contributed by atoms with Gasteiger partial charge in [0.1, 0.15) is 0 Å². The molecule has 0 amide bonds. The molecule has 0 aliphatic heterocycles. The monoisotopic (exact) mass is 341 g/mol. The highest BCUT2D eigenvalue weighted by atomic mass is 32.2. The summed E-state index contributed by atoms with van der Waals surface area (Å²) in [7, 11) is -7.43. The van der Waals surface area contributed by atoms with Crippen molar-refractivity contribution in [1.29, 1.82) is 0 Å². The summed E-state index contributed by atoms with van der Waals surface area (Å²) >= 11 is 0.909. The van der Waals surface area contributed by atoms with Crippen molar-refractivity contribution in [2.75, 3.05) is 11.6 Å². The molecule has 2 unspecified atom stereocenters. The molecule has 0 saturated heterocycles. The second-order valence-corrected chi connectivity index (χ2v) is 9.65. The normalized spacial score (nSPS) is 24.5. The van der Waals surface area contributed by atoms with Crippen LogP contribution in [-0.4, -0.2) is 49.1 Å². The van der Waals surface area contributed by atoms with Gasteiger partial charge in [0.05, 0.1) is 5.25 Å². The zero-order chi connectivity index (χ0) is 15.0. The average Bonchev–Trinajstić information content (AvgIpc) is 2.76. The number of hydrogen-bond acceptors (Lipinski definition) is 8. The fourth-order valence-electron chi connectivity index (χ4n) is 2.14. The summed E-state index contributed by atoms with van der Waals surface area (Å²) < 4.78 is 53.9. The summed E-state index contributed by atoms with van der Waals surface area (Å²) in [6.07, 6.45) is 3.15. The van der Waals surface area contributed by atoms with Crippen LogP contribution in [0.2, 0.25) is 0 Å². The largest absolute Gasteiger partial charge is 0.357 e. The number of aromatic nitrogens is 2. The van der Waals surface area contributed by atoms with E-state index in [0.29, 0.717) is 18.0 Å². The highest BCUT2D eigenvalue weighted by Crippen LogP contribution is 2.28. The Labute approximate surface area is 121 Å². The van der Waals surface area contributed by atoms with Gasteiger partial charge in [0.2, 0.25) is 19.3 Å². The third kappa shape index (κ3) is 3.87. The standard InChI is InChI=1S/C9H15N3O5S3/c1-19(13,14)9-12-11-8(18-9)10-6-3-2-4-7(5-6)20(15,16)17/h6-7H,2-5H2,1H3,(H,10,11)(H,15,16,17). The molecule has 114 valence electrons. The van der Waals surface area contributed by atoms with E-state index < -0.39 is 25.2 Å². The molecule has 2 N–H and O–H groups in total. The summed E-state index contributed by atoms with van der Waals surface area (Å²) in [4.78, 5) is 0. The summed E-state index contributed by atoms with van der Waals surface area (Å²) in [5, 5.41) is 9.84. The minimum absolute atomic E-state index is 0.0814. The second-order valence-electron chi connectivity index (χ2n) is 4.79. The Morgan fingerprint density at radius 2 is 1.95 bits per heavy atom. The van der Waals surface area contributed by atoms with Gasteiger partial charge in [-0.15, -0.1) is 10.2 Å². The Morgan fingerprint density at radius 3 is 2.50 bits per heavy atom. The Kier molecular flexibility index (Phi) is 4.33. The number of nitrogens with zero attached hydrogens (tertiary/aromatic N) is 2. The Bertz CT molecular complexity index is 681. The number of hydrogen-bond donors (Lipinski definition) is 2. The first-order valence-electron chi connectivity index (χ1n) is 5.92. The SMILES string of the molecule is CS(=O)(=O)c1nnc(NC2CCCC(S(=O)(=O)O)C2)s1. The lowest BCUT2D eigenvalue weighted by Gasteiger charge is -2.27. The van der Waals surface area contributed by atoms with Gasteiger partial charge in [0.15, 0.2) is 0 Å². The van der Waals surface area contributed by atoms with E-state index in [0.717, 1.165) is 24.0 Å². The van der Waals surface area contributed by atoms with Crippen LogP contribution in [0.1, 0.15) is 25.7 Å². The lowest BCUT2D eigenvalue weighted by Crippen LogP contribution is -2.34. The number of rotatable bonds is 4. The molecule has 1 heterocycles. The van der Waals surface area contributed by atoms with E-state index in [-0.39, 0.29) is 16.8 Å². The summed E-state index contributed by atoms with van der Waals surface area (Å²) in [5.41, 5.74) is 0. The smallest absolute Gasteiger partial charge is 0.267 e. The molecule has 1 aromatic heterocycles. The van der Waals surface area contributed by atoms with Crippen molar-refractivity contribution < 1.29 is 21.4 Å². The molecule has 0 bridgehead atoms. The van der Waals surface area contributed by atoms with E-state index in [1.54, 1.807) is 0 Å². The molecular weight excluding hydrogens is 326 g/mol. The minimum Gasteiger partial charge on any atom is -0.357 e. The fraction of sp³-hybridized carbons (Fsp3) is 0.778. The van der Waals surface area contributed by atoms with Crippen LogP contribution in [0.4, 0.5) is 5.13 Å². The van der Waals surface area contributed by atoms with E-state index in [4.69, 9.17) is 4.55 Å². The van der Waals surface area contributed by atoms with Crippen LogP contribution in [0, 0.1) is 0 Å². The molecule has 1 aromatic rings. The maximum absolute atomic E-state index is 11.3. The molecule has 1 fully saturated rings. The van der Waals surface area contributed by atoms with Gasteiger partial charge >= 0.3 is 0 Å². The van der Waals surface area contributed by atoms with Gasteiger partial charge in [-0.25, -0.2) is 8.42 Å². The summed E-state index contributed by atoms with van der Waals surface area (Å²) in [6, 6.07) is -0.170. The predicted octanol–water partition coefficient (Wildman–Crippen LogP) is 0.552. The lowest BCUT2D eigenvalue weighted by molar-refractivity contribution is 0.409. The summed E-state index contributed by atoms with van der Waals surface area (Å²) in [5.74, 6) is 0. The molecule has 0 radical (unpaired) electrons. The maximum Gasteiger partial charge on any atom is 0.267 e. The molecule has 11 heteroatoms. The van der Waals surface area contributed by atoms with Crippen molar-refractivity contribution in [1.82, 2.24) is 10.2 Å². The van der Waals surface area contributed by atoms with Crippen LogP contribution in [0.15, 0.2) is 4.34 Å². The lowest BCUT2D eigenvalue weighted by atomic mass is 9.95. The second kappa shape index (κ2) is 5.54. The number of sulfone groups is 1. The van der Waals surface area contributed by atoms with Gasteiger partial charge in [0, 0.05) is 12.3 Å². The first-order chi connectivity index (χ1) is 9.16. The molecule has 0 aromatic carbocycles. The number of nitrogens with one attached hydrogen (secondary N) is 1. The highest BCUT2D eigenvalue weighted by molar-refractivity contribution is 7.92. The molecule has 1 saturated carbocycles. The molecule has 2 atom stereocenters. The van der Waals surface area contributed by atoms with Crippen molar-refractivity contribution in [3.05, 3.63) is 0 Å². The van der Waals surface area contributed by atoms with Crippen LogP contribution >= 0.6 is 11.3 Å². The molecular formula is C9H15N3O5S3. The van der Waals surface area contributed by atoms with Crippen LogP contribution in [-0.2, 0) is 20.0 Å². The number of anilines is 1. The van der Waals surface area contributed by atoms with Crippen molar-refractivity contribution in [3.8, 4) is 0 Å². The minimum atomic E-state index is -4.04. The Morgan fingerprint density at radius 1 is 1.25 bits per heavy atom. The maximum atomic E-state index is 11.3.